The molecule has 3 rings (SSSR count). The molecule has 2 aliphatic heterocycles. The van der Waals surface area contributed by atoms with Crippen molar-refractivity contribution in [3.8, 4) is 0 Å². The predicted molar refractivity (Wildman–Crippen MR) is 87.1 cm³/mol. The summed E-state index contributed by atoms with van der Waals surface area (Å²) in [4.78, 5) is 14.2. The van der Waals surface area contributed by atoms with Gasteiger partial charge in [-0.25, -0.2) is 9.18 Å². The van der Waals surface area contributed by atoms with Crippen LogP contribution in [0.15, 0.2) is 24.3 Å². The maximum Gasteiger partial charge on any atom is 0.315 e. The number of nitrogens with zero attached hydrogens (tertiary/aromatic N) is 1. The normalized spacial score (nSPS) is 27.7. The number of nitrogens with one attached hydrogen (secondary N) is 2. The second-order valence-corrected chi connectivity index (χ2v) is 6.70. The summed E-state index contributed by atoms with van der Waals surface area (Å²) in [5, 5.41) is 6.02. The van der Waals surface area contributed by atoms with Crippen molar-refractivity contribution in [3.63, 3.8) is 0 Å². The van der Waals surface area contributed by atoms with E-state index >= 15 is 0 Å². The Morgan fingerprint density at radius 3 is 3.00 bits per heavy atom. The number of carbonyl (C=O) groups excluding carboxylic acids is 1. The molecule has 23 heavy (non-hydrogen) atoms. The van der Waals surface area contributed by atoms with Gasteiger partial charge in [0.25, 0.3) is 0 Å². The smallest absolute Gasteiger partial charge is 0.315 e. The zero-order chi connectivity index (χ0) is 16.3. The summed E-state index contributed by atoms with van der Waals surface area (Å²) in [5.74, 6) is -0.215. The van der Waals surface area contributed by atoms with Gasteiger partial charge in [-0.2, -0.15) is 0 Å². The molecule has 1 aromatic carbocycles. The van der Waals surface area contributed by atoms with Gasteiger partial charge >= 0.3 is 6.03 Å². The zero-order valence-electron chi connectivity index (χ0n) is 13.5. The van der Waals surface area contributed by atoms with Gasteiger partial charge in [0.1, 0.15) is 5.82 Å². The molecular weight excluding hydrogens is 297 g/mol. The summed E-state index contributed by atoms with van der Waals surface area (Å²) in [6, 6.07) is 6.64. The highest BCUT2D eigenvalue weighted by Crippen LogP contribution is 2.23. The average Bonchev–Trinajstić information content (AvgIpc) is 2.94. The highest BCUT2D eigenvalue weighted by Gasteiger charge is 2.32. The van der Waals surface area contributed by atoms with Crippen LogP contribution < -0.4 is 15.5 Å². The van der Waals surface area contributed by atoms with Crippen LogP contribution in [0.1, 0.15) is 26.2 Å². The molecule has 5 nitrogen and oxygen atoms in total. The van der Waals surface area contributed by atoms with E-state index in [1.54, 1.807) is 12.1 Å². The Morgan fingerprint density at radius 2 is 2.26 bits per heavy atom. The maximum atomic E-state index is 13.9. The third-order valence-electron chi connectivity index (χ3n) is 4.58. The topological polar surface area (TPSA) is 53.6 Å². The van der Waals surface area contributed by atoms with Crippen molar-refractivity contribution < 1.29 is 13.9 Å². The molecule has 2 heterocycles. The SMILES string of the molecule is C[C@@]1(NC(=O)N[C@H]2CCCN(c3ccccc3F)C2)CCOC1. The number of hydrogen-bond acceptors (Lipinski definition) is 3. The number of para-hydroxylation sites is 1. The van der Waals surface area contributed by atoms with E-state index in [4.69, 9.17) is 4.74 Å². The third-order valence-corrected chi connectivity index (χ3v) is 4.58. The lowest BCUT2D eigenvalue weighted by atomic mass is 10.0. The highest BCUT2D eigenvalue weighted by molar-refractivity contribution is 5.75. The predicted octanol–water partition coefficient (Wildman–Crippen LogP) is 2.27. The minimum atomic E-state index is -0.288. The molecule has 0 aliphatic carbocycles. The van der Waals surface area contributed by atoms with Gasteiger partial charge in [-0.15, -0.1) is 0 Å². The van der Waals surface area contributed by atoms with Crippen LogP contribution in [0.4, 0.5) is 14.9 Å². The quantitative estimate of drug-likeness (QED) is 0.898. The standard InChI is InChI=1S/C17H24FN3O2/c1-17(8-10-23-12-17)20-16(22)19-13-5-4-9-21(11-13)15-7-3-2-6-14(15)18/h2-3,6-7,13H,4-5,8-12H2,1H3,(H2,19,20,22)/t13-,17+/m0/s1. The number of ether oxygens (including phenoxy) is 1. The van der Waals surface area contributed by atoms with Gasteiger partial charge in [0.15, 0.2) is 0 Å². The lowest BCUT2D eigenvalue weighted by molar-refractivity contribution is 0.169. The van der Waals surface area contributed by atoms with Gasteiger partial charge in [0.2, 0.25) is 0 Å². The van der Waals surface area contributed by atoms with Crippen LogP contribution in [0.5, 0.6) is 0 Å². The van der Waals surface area contributed by atoms with Gasteiger partial charge in [-0.1, -0.05) is 12.1 Å². The van der Waals surface area contributed by atoms with E-state index in [1.165, 1.54) is 6.07 Å². The number of halogens is 1. The Balaban J connectivity index is 1.56. The van der Waals surface area contributed by atoms with Gasteiger partial charge in [-0.05, 0) is 38.3 Å². The summed E-state index contributed by atoms with van der Waals surface area (Å²) in [6.45, 7) is 4.66. The molecule has 126 valence electrons. The molecule has 1 aromatic rings. The van der Waals surface area contributed by atoms with Crippen LogP contribution in [-0.4, -0.2) is 43.9 Å². The fraction of sp³-hybridized carbons (Fsp3) is 0.588. The minimum absolute atomic E-state index is 0.0225. The van der Waals surface area contributed by atoms with E-state index in [1.807, 2.05) is 17.9 Å². The Hall–Kier alpha value is -1.82. The first-order valence-corrected chi connectivity index (χ1v) is 8.22. The molecule has 0 radical (unpaired) electrons. The number of benzene rings is 1. The molecule has 0 spiro atoms. The monoisotopic (exact) mass is 321 g/mol. The molecule has 2 aliphatic rings. The summed E-state index contributed by atoms with van der Waals surface area (Å²) >= 11 is 0. The number of amides is 2. The van der Waals surface area contributed by atoms with Crippen LogP contribution in [0.3, 0.4) is 0 Å². The van der Waals surface area contributed by atoms with Crippen LogP contribution in [0, 0.1) is 5.82 Å². The highest BCUT2D eigenvalue weighted by atomic mass is 19.1. The molecule has 0 aromatic heterocycles. The molecule has 2 saturated heterocycles. The van der Waals surface area contributed by atoms with Gasteiger partial charge in [0.05, 0.1) is 17.8 Å². The summed E-state index contributed by atoms with van der Waals surface area (Å²) < 4.78 is 19.3. The molecule has 6 heteroatoms. The molecule has 2 atom stereocenters. The molecule has 2 fully saturated rings. The van der Waals surface area contributed by atoms with Crippen molar-refractivity contribution in [1.29, 1.82) is 0 Å². The van der Waals surface area contributed by atoms with Gasteiger partial charge in [-0.3, -0.25) is 0 Å². The molecule has 2 amide bonds. The van der Waals surface area contributed by atoms with Crippen molar-refractivity contribution >= 4 is 11.7 Å². The lowest BCUT2D eigenvalue weighted by Gasteiger charge is -2.35. The Kier molecular flexibility index (Phi) is 4.71. The van der Waals surface area contributed by atoms with Crippen LogP contribution in [0.25, 0.3) is 0 Å². The fourth-order valence-electron chi connectivity index (χ4n) is 3.28. The van der Waals surface area contributed by atoms with Crippen LogP contribution in [0.2, 0.25) is 0 Å². The zero-order valence-corrected chi connectivity index (χ0v) is 13.5. The number of anilines is 1. The van der Waals surface area contributed by atoms with Crippen molar-refractivity contribution in [2.45, 2.75) is 37.8 Å². The summed E-state index contributed by atoms with van der Waals surface area (Å²) in [7, 11) is 0. The first kappa shape index (κ1) is 16.1. The molecular formula is C17H24FN3O2. The lowest BCUT2D eigenvalue weighted by Crippen LogP contribution is -2.56. The number of urea groups is 1. The summed E-state index contributed by atoms with van der Waals surface area (Å²) in [5.41, 5.74) is 0.319. The number of rotatable bonds is 3. The van der Waals surface area contributed by atoms with E-state index in [-0.39, 0.29) is 23.4 Å². The van der Waals surface area contributed by atoms with Gasteiger partial charge in [0, 0.05) is 25.7 Å². The van der Waals surface area contributed by atoms with Crippen molar-refractivity contribution in [3.05, 3.63) is 30.1 Å². The fourth-order valence-corrected chi connectivity index (χ4v) is 3.28. The van der Waals surface area contributed by atoms with Crippen LogP contribution >= 0.6 is 0 Å². The Labute approximate surface area is 136 Å². The first-order chi connectivity index (χ1) is 11.1. The van der Waals surface area contributed by atoms with E-state index < -0.39 is 0 Å². The second kappa shape index (κ2) is 6.74. The van der Waals surface area contributed by atoms with E-state index in [2.05, 4.69) is 10.6 Å². The molecule has 0 saturated carbocycles. The van der Waals surface area contributed by atoms with Crippen molar-refractivity contribution in [2.75, 3.05) is 31.2 Å². The Morgan fingerprint density at radius 1 is 1.43 bits per heavy atom. The summed E-state index contributed by atoms with van der Waals surface area (Å²) in [6.07, 6.45) is 2.66. The number of piperidine rings is 1. The number of carbonyl (C=O) groups is 1. The van der Waals surface area contributed by atoms with Crippen molar-refractivity contribution in [1.82, 2.24) is 10.6 Å². The molecule has 0 unspecified atom stereocenters. The molecule has 0 bridgehead atoms. The van der Waals surface area contributed by atoms with Crippen LogP contribution in [-0.2, 0) is 4.74 Å². The minimum Gasteiger partial charge on any atom is -0.379 e. The second-order valence-electron chi connectivity index (χ2n) is 6.70. The first-order valence-electron chi connectivity index (χ1n) is 8.22. The van der Waals surface area contributed by atoms with E-state index in [9.17, 15) is 9.18 Å². The van der Waals surface area contributed by atoms with E-state index in [0.29, 0.717) is 25.4 Å². The van der Waals surface area contributed by atoms with E-state index in [0.717, 1.165) is 25.8 Å². The largest absolute Gasteiger partial charge is 0.379 e. The molecule has 2 N–H and O–H groups in total. The average molecular weight is 321 g/mol. The Bertz CT molecular complexity index is 561. The van der Waals surface area contributed by atoms with Crippen molar-refractivity contribution in [2.24, 2.45) is 0 Å². The van der Waals surface area contributed by atoms with Gasteiger partial charge < -0.3 is 20.3 Å². The number of hydrogen-bond donors (Lipinski definition) is 2. The maximum absolute atomic E-state index is 13.9. The third kappa shape index (κ3) is 3.93.